The average Bonchev–Trinajstić information content (AvgIpc) is 2.39. The first-order valence-electron chi connectivity index (χ1n) is 7.38. The smallest absolute Gasteiger partial charge is 0.0366 e. The van der Waals surface area contributed by atoms with Crippen LogP contribution in [-0.4, -0.2) is 11.5 Å². The summed E-state index contributed by atoms with van der Waals surface area (Å²) in [6, 6.07) is 2.58. The van der Waals surface area contributed by atoms with Gasteiger partial charge in [-0.1, -0.05) is 40.0 Å². The van der Waals surface area contributed by atoms with Gasteiger partial charge in [0.15, 0.2) is 0 Å². The molecule has 1 N–H and O–H groups in total. The molecule has 2 unspecified atom stereocenters. The minimum atomic E-state index is 0.459. The summed E-state index contributed by atoms with van der Waals surface area (Å²) >= 11 is 0. The lowest BCUT2D eigenvalue weighted by atomic mass is 9.86. The van der Waals surface area contributed by atoms with Crippen molar-refractivity contribution >= 4 is 0 Å². The van der Waals surface area contributed by atoms with Gasteiger partial charge in [0.05, 0.1) is 0 Å². The van der Waals surface area contributed by atoms with E-state index in [2.05, 4.69) is 44.1 Å². The predicted molar refractivity (Wildman–Crippen MR) is 78.7 cm³/mol. The van der Waals surface area contributed by atoms with Gasteiger partial charge in [0.25, 0.3) is 0 Å². The van der Waals surface area contributed by atoms with E-state index in [9.17, 15) is 0 Å². The van der Waals surface area contributed by atoms with Crippen LogP contribution in [0.15, 0.2) is 18.5 Å². The van der Waals surface area contributed by atoms with E-state index in [1.165, 1.54) is 36.8 Å². The lowest BCUT2D eigenvalue weighted by Gasteiger charge is -2.28. The summed E-state index contributed by atoms with van der Waals surface area (Å²) in [6.45, 7) is 9.96. The minimum Gasteiger partial charge on any atom is -0.310 e. The Hall–Kier alpha value is -0.890. The standard InChI is InChI=1S/C16H28N2/c1-5-8-9-14(6-2)16(18-7-3)15-12-17-11-10-13(15)4/h10-12,14,16,18H,5-9H2,1-4H3. The van der Waals surface area contributed by atoms with Crippen molar-refractivity contribution in [2.45, 2.75) is 59.4 Å². The zero-order valence-electron chi connectivity index (χ0n) is 12.4. The number of pyridine rings is 1. The fourth-order valence-electron chi connectivity index (χ4n) is 2.63. The Bertz CT molecular complexity index is 336. The Labute approximate surface area is 112 Å². The molecule has 18 heavy (non-hydrogen) atoms. The highest BCUT2D eigenvalue weighted by molar-refractivity contribution is 5.25. The van der Waals surface area contributed by atoms with Gasteiger partial charge in [0.2, 0.25) is 0 Å². The van der Waals surface area contributed by atoms with Crippen molar-refractivity contribution in [2.75, 3.05) is 6.54 Å². The fraction of sp³-hybridized carbons (Fsp3) is 0.688. The third kappa shape index (κ3) is 4.09. The highest BCUT2D eigenvalue weighted by atomic mass is 14.9. The number of hydrogen-bond acceptors (Lipinski definition) is 2. The SMILES string of the molecule is CCCCC(CC)C(NCC)c1cnccc1C. The second-order valence-corrected chi connectivity index (χ2v) is 5.08. The number of aryl methyl sites for hydroxylation is 1. The number of unbranched alkanes of at least 4 members (excludes halogenated alkanes) is 1. The molecule has 2 atom stereocenters. The van der Waals surface area contributed by atoms with Crippen molar-refractivity contribution in [3.63, 3.8) is 0 Å². The molecular formula is C16H28N2. The molecule has 2 nitrogen and oxygen atoms in total. The predicted octanol–water partition coefficient (Wildman–Crippen LogP) is 4.26. The molecule has 2 heteroatoms. The molecule has 0 aliphatic heterocycles. The summed E-state index contributed by atoms with van der Waals surface area (Å²) in [5.74, 6) is 0.716. The van der Waals surface area contributed by atoms with Crippen LogP contribution in [-0.2, 0) is 0 Å². The molecule has 0 saturated carbocycles. The molecule has 0 radical (unpaired) electrons. The fourth-order valence-corrected chi connectivity index (χ4v) is 2.63. The van der Waals surface area contributed by atoms with Crippen molar-refractivity contribution in [3.05, 3.63) is 29.6 Å². The van der Waals surface area contributed by atoms with Crippen LogP contribution in [0.5, 0.6) is 0 Å². The summed E-state index contributed by atoms with van der Waals surface area (Å²) in [5.41, 5.74) is 2.73. The van der Waals surface area contributed by atoms with Crippen LogP contribution in [0.25, 0.3) is 0 Å². The maximum Gasteiger partial charge on any atom is 0.0366 e. The lowest BCUT2D eigenvalue weighted by molar-refractivity contribution is 0.326. The van der Waals surface area contributed by atoms with Crippen LogP contribution in [0.1, 0.15) is 63.6 Å². The Kier molecular flexibility index (Phi) is 6.96. The molecule has 1 aromatic heterocycles. The van der Waals surface area contributed by atoms with E-state index < -0.39 is 0 Å². The Morgan fingerprint density at radius 1 is 1.28 bits per heavy atom. The minimum absolute atomic E-state index is 0.459. The van der Waals surface area contributed by atoms with Crippen LogP contribution in [0.4, 0.5) is 0 Å². The van der Waals surface area contributed by atoms with Crippen molar-refractivity contribution in [1.29, 1.82) is 0 Å². The van der Waals surface area contributed by atoms with E-state index in [-0.39, 0.29) is 0 Å². The molecule has 0 aliphatic rings. The molecule has 0 fully saturated rings. The van der Waals surface area contributed by atoms with Gasteiger partial charge in [-0.25, -0.2) is 0 Å². The normalized spacial score (nSPS) is 14.4. The molecule has 102 valence electrons. The first-order valence-corrected chi connectivity index (χ1v) is 7.38. The first-order chi connectivity index (χ1) is 8.74. The van der Waals surface area contributed by atoms with Gasteiger partial charge in [-0.15, -0.1) is 0 Å². The van der Waals surface area contributed by atoms with Gasteiger partial charge >= 0.3 is 0 Å². The number of hydrogen-bond donors (Lipinski definition) is 1. The number of rotatable bonds is 8. The van der Waals surface area contributed by atoms with Crippen LogP contribution in [0.3, 0.4) is 0 Å². The monoisotopic (exact) mass is 248 g/mol. The molecule has 1 heterocycles. The zero-order chi connectivity index (χ0) is 13.4. The zero-order valence-corrected chi connectivity index (χ0v) is 12.4. The van der Waals surface area contributed by atoms with Gasteiger partial charge in [0.1, 0.15) is 0 Å². The van der Waals surface area contributed by atoms with Gasteiger partial charge < -0.3 is 5.32 Å². The topological polar surface area (TPSA) is 24.9 Å². The maximum absolute atomic E-state index is 4.31. The molecule has 0 aliphatic carbocycles. The largest absolute Gasteiger partial charge is 0.310 e. The summed E-state index contributed by atoms with van der Waals surface area (Å²) in [7, 11) is 0. The van der Waals surface area contributed by atoms with Gasteiger partial charge in [0, 0.05) is 18.4 Å². The van der Waals surface area contributed by atoms with Gasteiger partial charge in [-0.2, -0.15) is 0 Å². The second-order valence-electron chi connectivity index (χ2n) is 5.08. The number of nitrogens with one attached hydrogen (secondary N) is 1. The Morgan fingerprint density at radius 3 is 2.61 bits per heavy atom. The van der Waals surface area contributed by atoms with E-state index in [0.29, 0.717) is 12.0 Å². The van der Waals surface area contributed by atoms with Crippen LogP contribution >= 0.6 is 0 Å². The second kappa shape index (κ2) is 8.25. The van der Waals surface area contributed by atoms with Crippen LogP contribution in [0, 0.1) is 12.8 Å². The molecule has 0 bridgehead atoms. The van der Waals surface area contributed by atoms with E-state index >= 15 is 0 Å². The van der Waals surface area contributed by atoms with E-state index in [1.54, 1.807) is 0 Å². The molecule has 0 amide bonds. The first kappa shape index (κ1) is 15.2. The van der Waals surface area contributed by atoms with Crippen molar-refractivity contribution in [1.82, 2.24) is 10.3 Å². The molecule has 0 spiro atoms. The van der Waals surface area contributed by atoms with Crippen molar-refractivity contribution in [3.8, 4) is 0 Å². The van der Waals surface area contributed by atoms with Gasteiger partial charge in [-0.05, 0) is 43.0 Å². The van der Waals surface area contributed by atoms with E-state index in [4.69, 9.17) is 0 Å². The van der Waals surface area contributed by atoms with Crippen LogP contribution in [0.2, 0.25) is 0 Å². The summed E-state index contributed by atoms with van der Waals surface area (Å²) in [4.78, 5) is 4.31. The molecule has 1 rings (SSSR count). The van der Waals surface area contributed by atoms with E-state index in [0.717, 1.165) is 6.54 Å². The molecular weight excluding hydrogens is 220 g/mol. The number of aromatic nitrogens is 1. The van der Waals surface area contributed by atoms with Crippen LogP contribution < -0.4 is 5.32 Å². The molecule has 1 aromatic rings. The quantitative estimate of drug-likeness (QED) is 0.743. The van der Waals surface area contributed by atoms with Crippen molar-refractivity contribution < 1.29 is 0 Å². The maximum atomic E-state index is 4.31. The Morgan fingerprint density at radius 2 is 2.06 bits per heavy atom. The summed E-state index contributed by atoms with van der Waals surface area (Å²) in [5, 5.41) is 3.66. The highest BCUT2D eigenvalue weighted by Gasteiger charge is 2.21. The summed E-state index contributed by atoms with van der Waals surface area (Å²) in [6.07, 6.45) is 9.05. The highest BCUT2D eigenvalue weighted by Crippen LogP contribution is 2.30. The lowest BCUT2D eigenvalue weighted by Crippen LogP contribution is -2.29. The van der Waals surface area contributed by atoms with Crippen molar-refractivity contribution in [2.24, 2.45) is 5.92 Å². The average molecular weight is 248 g/mol. The van der Waals surface area contributed by atoms with E-state index in [1.807, 2.05) is 12.4 Å². The summed E-state index contributed by atoms with van der Waals surface area (Å²) < 4.78 is 0. The Balaban J connectivity index is 2.89. The molecule has 0 aromatic carbocycles. The third-order valence-electron chi connectivity index (χ3n) is 3.76. The number of nitrogens with zero attached hydrogens (tertiary/aromatic N) is 1. The third-order valence-corrected chi connectivity index (χ3v) is 3.76. The molecule has 0 saturated heterocycles. The van der Waals surface area contributed by atoms with Gasteiger partial charge in [-0.3, -0.25) is 4.98 Å².